The molecule has 12 heteroatoms. The molecule has 1 aromatic heterocycles. The molecule has 0 aliphatic carbocycles. The molecule has 33 heavy (non-hydrogen) atoms. The van der Waals surface area contributed by atoms with Gasteiger partial charge in [-0.2, -0.15) is 16.5 Å². The van der Waals surface area contributed by atoms with Crippen LogP contribution in [0.3, 0.4) is 0 Å². The maximum atomic E-state index is 14.0. The average molecular weight is 510 g/mol. The van der Waals surface area contributed by atoms with Crippen LogP contribution in [0.5, 0.6) is 11.5 Å². The van der Waals surface area contributed by atoms with Crippen molar-refractivity contribution < 1.29 is 27.1 Å². The highest BCUT2D eigenvalue weighted by Crippen LogP contribution is 2.36. The first-order valence-corrected chi connectivity index (χ1v) is 13.6. The average Bonchev–Trinajstić information content (AvgIpc) is 3.45. The molecule has 1 aliphatic heterocycles. The van der Waals surface area contributed by atoms with Crippen molar-refractivity contribution >= 4 is 44.2 Å². The number of halogens is 1. The van der Waals surface area contributed by atoms with E-state index in [1.165, 1.54) is 35.2 Å². The zero-order valence-electron chi connectivity index (χ0n) is 17.4. The fourth-order valence-electron chi connectivity index (χ4n) is 3.10. The van der Waals surface area contributed by atoms with Gasteiger partial charge in [0.15, 0.2) is 16.6 Å². The first kappa shape index (κ1) is 23.5. The van der Waals surface area contributed by atoms with Crippen LogP contribution < -0.4 is 19.5 Å². The van der Waals surface area contributed by atoms with Crippen molar-refractivity contribution in [3.63, 3.8) is 0 Å². The maximum absolute atomic E-state index is 14.0. The molecular formula is C21H20FN3O5S3. The summed E-state index contributed by atoms with van der Waals surface area (Å²) in [6.45, 7) is 0.164. The lowest BCUT2D eigenvalue weighted by Gasteiger charge is -2.17. The highest BCUT2D eigenvalue weighted by molar-refractivity contribution is 7.98. The van der Waals surface area contributed by atoms with Crippen molar-refractivity contribution in [1.82, 2.24) is 9.71 Å². The second-order valence-corrected chi connectivity index (χ2v) is 10.5. The summed E-state index contributed by atoms with van der Waals surface area (Å²) in [5, 5.41) is 4.75. The Morgan fingerprint density at radius 2 is 2.03 bits per heavy atom. The number of thioether (sulfide) groups is 1. The van der Waals surface area contributed by atoms with E-state index in [2.05, 4.69) is 15.0 Å². The molecule has 0 saturated carbocycles. The van der Waals surface area contributed by atoms with E-state index in [1.54, 1.807) is 17.5 Å². The van der Waals surface area contributed by atoms with Crippen LogP contribution in [0.15, 0.2) is 52.7 Å². The van der Waals surface area contributed by atoms with Gasteiger partial charge in [0.1, 0.15) is 16.8 Å². The van der Waals surface area contributed by atoms with Crippen LogP contribution in [0.1, 0.15) is 6.42 Å². The highest BCUT2D eigenvalue weighted by atomic mass is 32.2. The van der Waals surface area contributed by atoms with Crippen molar-refractivity contribution in [1.29, 1.82) is 0 Å². The number of rotatable bonds is 9. The van der Waals surface area contributed by atoms with Crippen molar-refractivity contribution in [2.45, 2.75) is 17.4 Å². The second-order valence-electron chi connectivity index (χ2n) is 6.98. The Balaban J connectivity index is 1.49. The SMILES string of the molecule is CSCC[C@@H](NS(=O)(=O)c1ccccc1F)C(=O)Nc1nc(-c2ccc3c(c2)OCO3)cs1. The van der Waals surface area contributed by atoms with E-state index < -0.39 is 32.7 Å². The van der Waals surface area contributed by atoms with E-state index in [9.17, 15) is 17.6 Å². The minimum absolute atomic E-state index is 0.164. The second kappa shape index (κ2) is 10.1. The summed E-state index contributed by atoms with van der Waals surface area (Å²) in [7, 11) is -4.24. The predicted molar refractivity (Wildman–Crippen MR) is 126 cm³/mol. The number of thiazole rings is 1. The van der Waals surface area contributed by atoms with Gasteiger partial charge in [0.2, 0.25) is 22.7 Å². The van der Waals surface area contributed by atoms with E-state index in [4.69, 9.17) is 9.47 Å². The van der Waals surface area contributed by atoms with Crippen molar-refractivity contribution in [2.24, 2.45) is 0 Å². The molecule has 3 aromatic rings. The first-order valence-electron chi connectivity index (χ1n) is 9.79. The van der Waals surface area contributed by atoms with Gasteiger partial charge < -0.3 is 14.8 Å². The van der Waals surface area contributed by atoms with Crippen LogP contribution in [0.25, 0.3) is 11.3 Å². The third-order valence-electron chi connectivity index (χ3n) is 4.75. The van der Waals surface area contributed by atoms with Gasteiger partial charge in [0.25, 0.3) is 0 Å². The lowest BCUT2D eigenvalue weighted by atomic mass is 10.1. The topological polar surface area (TPSA) is 107 Å². The molecule has 0 radical (unpaired) electrons. The molecule has 1 amide bonds. The van der Waals surface area contributed by atoms with Gasteiger partial charge in [0, 0.05) is 10.9 Å². The Kier molecular flexibility index (Phi) is 7.17. The molecule has 1 atom stereocenters. The van der Waals surface area contributed by atoms with Crippen molar-refractivity contribution in [3.05, 3.63) is 53.7 Å². The Bertz CT molecular complexity index is 1270. The molecule has 4 rings (SSSR count). The molecule has 174 valence electrons. The molecular weight excluding hydrogens is 489 g/mol. The molecule has 0 spiro atoms. The summed E-state index contributed by atoms with van der Waals surface area (Å²) in [6, 6.07) is 9.34. The quantitative estimate of drug-likeness (QED) is 0.453. The van der Waals surface area contributed by atoms with Crippen molar-refractivity contribution in [3.8, 4) is 22.8 Å². The van der Waals surface area contributed by atoms with Crippen molar-refractivity contribution in [2.75, 3.05) is 24.1 Å². The molecule has 1 aliphatic rings. The summed E-state index contributed by atoms with van der Waals surface area (Å²) in [5.41, 5.74) is 1.41. The number of fused-ring (bicyclic) bond motifs is 1. The first-order chi connectivity index (χ1) is 15.9. The van der Waals surface area contributed by atoms with Crippen LogP contribution >= 0.6 is 23.1 Å². The van der Waals surface area contributed by atoms with Gasteiger partial charge in [0.05, 0.1) is 5.69 Å². The summed E-state index contributed by atoms with van der Waals surface area (Å²) < 4.78 is 52.4. The van der Waals surface area contributed by atoms with Crippen LogP contribution in [-0.4, -0.2) is 44.2 Å². The van der Waals surface area contributed by atoms with Crippen LogP contribution in [-0.2, 0) is 14.8 Å². The van der Waals surface area contributed by atoms with Crippen LogP contribution in [0.4, 0.5) is 9.52 Å². The van der Waals surface area contributed by atoms with E-state index in [0.29, 0.717) is 28.1 Å². The summed E-state index contributed by atoms with van der Waals surface area (Å²) in [4.78, 5) is 16.8. The fraction of sp³-hybridized carbons (Fsp3) is 0.238. The van der Waals surface area contributed by atoms with E-state index in [0.717, 1.165) is 17.7 Å². The number of hydrogen-bond donors (Lipinski definition) is 2. The summed E-state index contributed by atoms with van der Waals surface area (Å²) >= 11 is 2.67. The molecule has 0 bridgehead atoms. The number of benzene rings is 2. The summed E-state index contributed by atoms with van der Waals surface area (Å²) in [5.74, 6) is 0.336. The van der Waals surface area contributed by atoms with Gasteiger partial charge in [-0.1, -0.05) is 12.1 Å². The van der Waals surface area contributed by atoms with Gasteiger partial charge in [-0.25, -0.2) is 17.8 Å². The number of ether oxygens (including phenoxy) is 2. The zero-order valence-corrected chi connectivity index (χ0v) is 19.9. The standard InChI is InChI=1S/C21H20FN3O5S3/c1-31-9-8-15(25-33(27,28)19-5-3-2-4-14(19)22)20(26)24-21-23-16(11-32-21)13-6-7-17-18(10-13)30-12-29-17/h2-7,10-11,15,25H,8-9,12H2,1H3,(H,23,24,26)/t15-/m1/s1. The number of carbonyl (C=O) groups is 1. The van der Waals surface area contributed by atoms with Gasteiger partial charge in [-0.05, 0) is 48.8 Å². The number of hydrogen-bond acceptors (Lipinski definition) is 8. The number of amides is 1. The third kappa shape index (κ3) is 5.46. The molecule has 0 saturated heterocycles. The van der Waals surface area contributed by atoms with E-state index >= 15 is 0 Å². The zero-order chi connectivity index (χ0) is 23.4. The number of anilines is 1. The van der Waals surface area contributed by atoms with Gasteiger partial charge in [-0.15, -0.1) is 11.3 Å². The Labute approximate surface area is 198 Å². The fourth-order valence-corrected chi connectivity index (χ4v) is 5.61. The summed E-state index contributed by atoms with van der Waals surface area (Å²) in [6.07, 6.45) is 2.07. The smallest absolute Gasteiger partial charge is 0.244 e. The molecule has 0 fully saturated rings. The maximum Gasteiger partial charge on any atom is 0.244 e. The number of sulfonamides is 1. The molecule has 0 unspecified atom stereocenters. The van der Waals surface area contributed by atoms with Gasteiger partial charge in [-0.3, -0.25) is 4.79 Å². The predicted octanol–water partition coefficient (Wildman–Crippen LogP) is 3.72. The lowest BCUT2D eigenvalue weighted by Crippen LogP contribution is -2.44. The number of nitrogens with zero attached hydrogens (tertiary/aromatic N) is 1. The minimum atomic E-state index is -4.24. The lowest BCUT2D eigenvalue weighted by molar-refractivity contribution is -0.117. The van der Waals surface area contributed by atoms with E-state index in [-0.39, 0.29) is 13.2 Å². The number of carbonyl (C=O) groups excluding carboxylic acids is 1. The normalized spacial score (nSPS) is 13.6. The largest absolute Gasteiger partial charge is 0.454 e. The number of aromatic nitrogens is 1. The van der Waals surface area contributed by atoms with Gasteiger partial charge >= 0.3 is 0 Å². The third-order valence-corrected chi connectivity index (χ3v) is 7.66. The molecule has 8 nitrogen and oxygen atoms in total. The Morgan fingerprint density at radius 1 is 1.24 bits per heavy atom. The van der Waals surface area contributed by atoms with Crippen LogP contribution in [0, 0.1) is 5.82 Å². The van der Waals surface area contributed by atoms with E-state index in [1.807, 2.05) is 12.3 Å². The molecule has 2 heterocycles. The Hall–Kier alpha value is -2.67. The monoisotopic (exact) mass is 509 g/mol. The van der Waals surface area contributed by atoms with Crippen LogP contribution in [0.2, 0.25) is 0 Å². The Morgan fingerprint density at radius 3 is 2.82 bits per heavy atom. The highest BCUT2D eigenvalue weighted by Gasteiger charge is 2.28. The number of nitrogens with one attached hydrogen (secondary N) is 2. The molecule has 2 aromatic carbocycles. The minimum Gasteiger partial charge on any atom is -0.454 e. The molecule has 2 N–H and O–H groups in total.